The number of amides is 2. The molecule has 3 aromatic rings. The maximum Gasteiger partial charge on any atom is 0.279 e. The van der Waals surface area contributed by atoms with Crippen LogP contribution in [0, 0.1) is 6.92 Å². The van der Waals surface area contributed by atoms with E-state index in [0.717, 1.165) is 18.4 Å². The van der Waals surface area contributed by atoms with Crippen LogP contribution in [0.1, 0.15) is 40.2 Å². The molecule has 0 radical (unpaired) electrons. The number of aromatic nitrogens is 2. The van der Waals surface area contributed by atoms with E-state index < -0.39 is 5.91 Å². The highest BCUT2D eigenvalue weighted by molar-refractivity contribution is 6.02. The summed E-state index contributed by atoms with van der Waals surface area (Å²) in [6.07, 6.45) is 8.81. The van der Waals surface area contributed by atoms with Gasteiger partial charge in [0.15, 0.2) is 5.69 Å². The third-order valence-corrected chi connectivity index (χ3v) is 5.20. The van der Waals surface area contributed by atoms with E-state index in [4.69, 9.17) is 4.52 Å². The highest BCUT2D eigenvalue weighted by Crippen LogP contribution is 2.22. The Hall–Kier alpha value is -4.00. The number of aryl methyl sites for hydroxylation is 1. The van der Waals surface area contributed by atoms with Gasteiger partial charge in [-0.1, -0.05) is 41.6 Å². The van der Waals surface area contributed by atoms with Crippen LogP contribution in [0.4, 0.5) is 5.82 Å². The van der Waals surface area contributed by atoms with Crippen LogP contribution in [-0.4, -0.2) is 39.9 Å². The molecule has 1 aliphatic heterocycles. The Kier molecular flexibility index (Phi) is 6.55. The lowest BCUT2D eigenvalue weighted by atomic mass is 10.0. The van der Waals surface area contributed by atoms with Crippen molar-refractivity contribution in [2.75, 3.05) is 18.4 Å². The summed E-state index contributed by atoms with van der Waals surface area (Å²) in [5.74, 6) is 0.542. The molecule has 7 heteroatoms. The van der Waals surface area contributed by atoms with Crippen LogP contribution in [0.3, 0.4) is 0 Å². The lowest BCUT2D eigenvalue weighted by molar-refractivity contribution is -0.125. The van der Waals surface area contributed by atoms with Gasteiger partial charge in [-0.25, -0.2) is 4.98 Å². The highest BCUT2D eigenvalue weighted by atomic mass is 16.5. The fourth-order valence-corrected chi connectivity index (χ4v) is 3.50. The topological polar surface area (TPSA) is 88.3 Å². The number of carbonyl (C=O) groups is 2. The quantitative estimate of drug-likeness (QED) is 0.611. The first kappa shape index (κ1) is 21.2. The monoisotopic (exact) mass is 428 g/mol. The number of rotatable bonds is 5. The fourth-order valence-electron chi connectivity index (χ4n) is 3.50. The molecule has 0 atom stereocenters. The lowest BCUT2D eigenvalue weighted by Gasteiger charge is -2.18. The van der Waals surface area contributed by atoms with Crippen molar-refractivity contribution >= 4 is 29.3 Å². The molecule has 2 aromatic heterocycles. The van der Waals surface area contributed by atoms with Gasteiger partial charge in [0.2, 0.25) is 5.91 Å². The van der Waals surface area contributed by atoms with Gasteiger partial charge in [0.05, 0.1) is 0 Å². The minimum absolute atomic E-state index is 0.0218. The standard InChI is InChI=1S/C25H24N4O3/c1-18-16-22(28-32-18)25(31)27-23-11-9-19(17-26-23)10-12-24(30)29-14-5-8-21(13-15-29)20-6-3-2-4-7-20/h2-4,6-12,16-17H,5,13-15H2,1H3,(H,26,27,31)/b12-10+. The van der Waals surface area contributed by atoms with Crippen molar-refractivity contribution in [2.24, 2.45) is 0 Å². The number of pyridine rings is 1. The predicted octanol–water partition coefficient (Wildman–Crippen LogP) is 4.35. The summed E-state index contributed by atoms with van der Waals surface area (Å²) in [5, 5.41) is 6.34. The largest absolute Gasteiger partial charge is 0.361 e. The molecule has 0 spiro atoms. The van der Waals surface area contributed by atoms with Crippen molar-refractivity contribution in [1.29, 1.82) is 0 Å². The van der Waals surface area contributed by atoms with E-state index in [1.165, 1.54) is 11.1 Å². The summed E-state index contributed by atoms with van der Waals surface area (Å²) < 4.78 is 4.90. The van der Waals surface area contributed by atoms with Gasteiger partial charge in [0.25, 0.3) is 5.91 Å². The van der Waals surface area contributed by atoms with E-state index in [1.807, 2.05) is 23.1 Å². The Morgan fingerprint density at radius 3 is 2.69 bits per heavy atom. The number of benzene rings is 1. The van der Waals surface area contributed by atoms with E-state index in [2.05, 4.69) is 33.7 Å². The molecule has 7 nitrogen and oxygen atoms in total. The van der Waals surface area contributed by atoms with E-state index in [-0.39, 0.29) is 11.6 Å². The van der Waals surface area contributed by atoms with Crippen LogP contribution in [-0.2, 0) is 4.79 Å². The molecular weight excluding hydrogens is 404 g/mol. The third-order valence-electron chi connectivity index (χ3n) is 5.20. The average Bonchev–Trinajstić information content (AvgIpc) is 3.11. The minimum Gasteiger partial charge on any atom is -0.361 e. The molecule has 0 saturated carbocycles. The molecule has 1 aromatic carbocycles. The van der Waals surface area contributed by atoms with Gasteiger partial charge in [-0.15, -0.1) is 0 Å². The van der Waals surface area contributed by atoms with Crippen molar-refractivity contribution in [3.63, 3.8) is 0 Å². The first-order chi connectivity index (χ1) is 15.6. The first-order valence-electron chi connectivity index (χ1n) is 10.5. The zero-order chi connectivity index (χ0) is 22.3. The SMILES string of the molecule is Cc1cc(C(=O)Nc2ccc(/C=C/C(=O)N3CCC=C(c4ccccc4)CC3)cn2)no1. The van der Waals surface area contributed by atoms with E-state index in [1.54, 1.807) is 43.5 Å². The highest BCUT2D eigenvalue weighted by Gasteiger charge is 2.15. The summed E-state index contributed by atoms with van der Waals surface area (Å²) in [4.78, 5) is 30.9. The predicted molar refractivity (Wildman–Crippen MR) is 123 cm³/mol. The summed E-state index contributed by atoms with van der Waals surface area (Å²) in [5.41, 5.74) is 3.47. The Labute approximate surface area is 186 Å². The molecule has 162 valence electrons. The molecule has 2 amide bonds. The maximum absolute atomic E-state index is 12.7. The Morgan fingerprint density at radius 1 is 1.12 bits per heavy atom. The zero-order valence-electron chi connectivity index (χ0n) is 17.8. The molecule has 4 rings (SSSR count). The van der Waals surface area contributed by atoms with Crippen molar-refractivity contribution < 1.29 is 14.1 Å². The molecule has 0 saturated heterocycles. The van der Waals surface area contributed by atoms with E-state index in [9.17, 15) is 9.59 Å². The van der Waals surface area contributed by atoms with Crippen LogP contribution in [0.15, 0.2) is 71.4 Å². The second kappa shape index (κ2) is 9.87. The van der Waals surface area contributed by atoms with Gasteiger partial charge < -0.3 is 14.7 Å². The number of anilines is 1. The summed E-state index contributed by atoms with van der Waals surface area (Å²) in [7, 11) is 0. The molecule has 32 heavy (non-hydrogen) atoms. The third kappa shape index (κ3) is 5.37. The second-order valence-corrected chi connectivity index (χ2v) is 7.55. The van der Waals surface area contributed by atoms with Crippen molar-refractivity contribution in [3.8, 4) is 0 Å². The number of hydrogen-bond donors (Lipinski definition) is 1. The Bertz CT molecular complexity index is 1150. The second-order valence-electron chi connectivity index (χ2n) is 7.55. The van der Waals surface area contributed by atoms with Crippen molar-refractivity contribution in [2.45, 2.75) is 19.8 Å². The molecular formula is C25H24N4O3. The summed E-state index contributed by atoms with van der Waals surface area (Å²) in [6.45, 7) is 3.10. The molecule has 0 aliphatic carbocycles. The molecule has 0 unspecified atom stereocenters. The van der Waals surface area contributed by atoms with Gasteiger partial charge >= 0.3 is 0 Å². The van der Waals surface area contributed by atoms with Crippen LogP contribution in [0.2, 0.25) is 0 Å². The molecule has 0 bridgehead atoms. The molecule has 1 N–H and O–H groups in total. The maximum atomic E-state index is 12.7. The summed E-state index contributed by atoms with van der Waals surface area (Å²) >= 11 is 0. The first-order valence-corrected chi connectivity index (χ1v) is 10.5. The zero-order valence-corrected chi connectivity index (χ0v) is 17.8. The van der Waals surface area contributed by atoms with Gasteiger partial charge in [-0.05, 0) is 54.7 Å². The minimum atomic E-state index is -0.391. The number of hydrogen-bond acceptors (Lipinski definition) is 5. The number of nitrogens with zero attached hydrogens (tertiary/aromatic N) is 3. The number of carbonyl (C=O) groups excluding carboxylic acids is 2. The van der Waals surface area contributed by atoms with Crippen molar-refractivity contribution in [1.82, 2.24) is 15.0 Å². The fraction of sp³-hybridized carbons (Fsp3) is 0.200. The number of nitrogens with one attached hydrogen (secondary N) is 1. The normalized spacial score (nSPS) is 14.2. The van der Waals surface area contributed by atoms with Crippen LogP contribution in [0.5, 0.6) is 0 Å². The van der Waals surface area contributed by atoms with Gasteiger partial charge in [0, 0.05) is 31.4 Å². The van der Waals surface area contributed by atoms with E-state index in [0.29, 0.717) is 24.7 Å². The van der Waals surface area contributed by atoms with Crippen LogP contribution >= 0.6 is 0 Å². The smallest absolute Gasteiger partial charge is 0.279 e. The Balaban J connectivity index is 1.31. The molecule has 1 aliphatic rings. The average molecular weight is 428 g/mol. The Morgan fingerprint density at radius 2 is 1.97 bits per heavy atom. The van der Waals surface area contributed by atoms with E-state index >= 15 is 0 Å². The van der Waals surface area contributed by atoms with Crippen LogP contribution in [0.25, 0.3) is 11.6 Å². The van der Waals surface area contributed by atoms with Gasteiger partial charge in [-0.2, -0.15) is 0 Å². The lowest BCUT2D eigenvalue weighted by Crippen LogP contribution is -2.30. The van der Waals surface area contributed by atoms with Crippen LogP contribution < -0.4 is 5.32 Å². The van der Waals surface area contributed by atoms with Gasteiger partial charge in [-0.3, -0.25) is 9.59 Å². The summed E-state index contributed by atoms with van der Waals surface area (Å²) in [6, 6.07) is 15.3. The molecule has 3 heterocycles. The molecule has 0 fully saturated rings. The van der Waals surface area contributed by atoms with Gasteiger partial charge in [0.1, 0.15) is 11.6 Å². The van der Waals surface area contributed by atoms with Crippen molar-refractivity contribution in [3.05, 3.63) is 89.5 Å².